The van der Waals surface area contributed by atoms with Crippen LogP contribution in [0.3, 0.4) is 0 Å². The van der Waals surface area contributed by atoms with E-state index in [-0.39, 0.29) is 18.2 Å². The Morgan fingerprint density at radius 2 is 1.63 bits per heavy atom. The summed E-state index contributed by atoms with van der Waals surface area (Å²) in [7, 11) is 0. The van der Waals surface area contributed by atoms with Crippen LogP contribution in [0.4, 0.5) is 10.1 Å². The van der Waals surface area contributed by atoms with Gasteiger partial charge in [0.2, 0.25) is 0 Å². The molecule has 3 aliphatic rings. The number of Topliss-reactive ketones (excluding diaryl/α,β-unsaturated/α-hetero) is 2. The topological polar surface area (TPSA) is 93.7 Å². The average molecular weight is 583 g/mol. The summed E-state index contributed by atoms with van der Waals surface area (Å²) in [6, 6.07) is 9.09. The highest BCUT2D eigenvalue weighted by molar-refractivity contribution is 9.10. The maximum Gasteiger partial charge on any atom is 0.262 e. The minimum Gasteiger partial charge on any atom is -0.490 e. The van der Waals surface area contributed by atoms with Gasteiger partial charge in [-0.05, 0) is 90.5 Å². The van der Waals surface area contributed by atoms with E-state index in [1.54, 1.807) is 6.07 Å². The van der Waals surface area contributed by atoms with Gasteiger partial charge in [0.15, 0.2) is 29.7 Å². The number of benzene rings is 2. The van der Waals surface area contributed by atoms with Gasteiger partial charge in [-0.25, -0.2) is 4.39 Å². The normalized spacial score (nSPS) is 17.6. The van der Waals surface area contributed by atoms with Crippen molar-refractivity contribution in [3.63, 3.8) is 0 Å². The fraction of sp³-hybridized carbons (Fsp3) is 0.345. The van der Waals surface area contributed by atoms with Gasteiger partial charge < -0.3 is 20.1 Å². The second-order valence-electron chi connectivity index (χ2n) is 9.50. The number of nitrogens with one attached hydrogen (secondary N) is 2. The van der Waals surface area contributed by atoms with Crippen molar-refractivity contribution < 1.29 is 28.2 Å². The van der Waals surface area contributed by atoms with Crippen LogP contribution in [0.1, 0.15) is 56.9 Å². The van der Waals surface area contributed by atoms with Gasteiger partial charge in [0.25, 0.3) is 5.91 Å². The van der Waals surface area contributed by atoms with E-state index in [2.05, 4.69) is 26.6 Å². The molecule has 0 spiro atoms. The van der Waals surface area contributed by atoms with E-state index < -0.39 is 17.6 Å². The van der Waals surface area contributed by atoms with Crippen molar-refractivity contribution in [2.75, 3.05) is 18.5 Å². The summed E-state index contributed by atoms with van der Waals surface area (Å²) in [5.74, 6) is -0.435. The molecule has 1 amide bonds. The van der Waals surface area contributed by atoms with E-state index in [0.29, 0.717) is 52.3 Å². The number of hydrogen-bond acceptors (Lipinski definition) is 6. The summed E-state index contributed by atoms with van der Waals surface area (Å²) in [4.78, 5) is 38.7. The van der Waals surface area contributed by atoms with Crippen molar-refractivity contribution >= 4 is 39.1 Å². The van der Waals surface area contributed by atoms with Gasteiger partial charge >= 0.3 is 0 Å². The van der Waals surface area contributed by atoms with E-state index in [1.165, 1.54) is 24.3 Å². The first-order valence-corrected chi connectivity index (χ1v) is 13.6. The smallest absolute Gasteiger partial charge is 0.262 e. The molecule has 0 aromatic heterocycles. The summed E-state index contributed by atoms with van der Waals surface area (Å²) in [5, 5.41) is 6.09. The lowest BCUT2D eigenvalue weighted by molar-refractivity contribution is -0.118. The second-order valence-corrected chi connectivity index (χ2v) is 10.4. The number of halogens is 2. The minimum atomic E-state index is -0.479. The number of anilines is 1. The lowest BCUT2D eigenvalue weighted by Crippen LogP contribution is -2.36. The van der Waals surface area contributed by atoms with Crippen LogP contribution in [0.25, 0.3) is 0 Å². The Morgan fingerprint density at radius 3 is 2.24 bits per heavy atom. The van der Waals surface area contributed by atoms with Crippen molar-refractivity contribution in [1.29, 1.82) is 0 Å². The van der Waals surface area contributed by atoms with Crippen LogP contribution in [-0.4, -0.2) is 30.7 Å². The highest BCUT2D eigenvalue weighted by atomic mass is 79.9. The fourth-order valence-electron chi connectivity index (χ4n) is 5.34. The van der Waals surface area contributed by atoms with Crippen LogP contribution in [0, 0.1) is 5.82 Å². The molecular weight excluding hydrogens is 555 g/mol. The van der Waals surface area contributed by atoms with Crippen molar-refractivity contribution in [3.05, 3.63) is 74.8 Å². The van der Waals surface area contributed by atoms with E-state index in [9.17, 15) is 18.8 Å². The molecule has 2 N–H and O–H groups in total. The fourth-order valence-corrected chi connectivity index (χ4v) is 5.92. The molecule has 2 aromatic rings. The number of rotatable bonds is 7. The number of ether oxygens (including phenoxy) is 2. The van der Waals surface area contributed by atoms with Crippen molar-refractivity contribution in [1.82, 2.24) is 5.32 Å². The summed E-state index contributed by atoms with van der Waals surface area (Å²) in [6.07, 6.45) is 4.03. The molecule has 0 saturated heterocycles. The van der Waals surface area contributed by atoms with Crippen LogP contribution in [-0.2, 0) is 14.4 Å². The SMILES string of the molecule is CCOc1cc(C2C3=C(CCCC3=O)NC3=C2C(=O)CCC3)cc(Br)c1OCC(=O)Nc1ccc(F)cc1. The van der Waals surface area contributed by atoms with Gasteiger partial charge in [-0.3, -0.25) is 14.4 Å². The predicted octanol–water partition coefficient (Wildman–Crippen LogP) is 5.71. The number of ketones is 2. The first-order valence-electron chi connectivity index (χ1n) is 12.8. The lowest BCUT2D eigenvalue weighted by Gasteiger charge is -2.37. The Morgan fingerprint density at radius 1 is 1.00 bits per heavy atom. The molecule has 7 nitrogen and oxygen atoms in total. The van der Waals surface area contributed by atoms with Gasteiger partial charge in [-0.1, -0.05) is 0 Å². The number of hydrogen-bond donors (Lipinski definition) is 2. The molecule has 9 heteroatoms. The minimum absolute atomic E-state index is 0.0561. The zero-order chi connectivity index (χ0) is 26.8. The summed E-state index contributed by atoms with van der Waals surface area (Å²) in [6.45, 7) is 1.89. The molecule has 2 aromatic carbocycles. The molecule has 0 unspecified atom stereocenters. The molecule has 198 valence electrons. The number of carbonyl (C=O) groups is 3. The first-order chi connectivity index (χ1) is 18.4. The quantitative estimate of drug-likeness (QED) is 0.434. The Balaban J connectivity index is 1.47. The van der Waals surface area contributed by atoms with Gasteiger partial charge in [0.1, 0.15) is 5.82 Å². The van der Waals surface area contributed by atoms with Crippen molar-refractivity contribution in [2.45, 2.75) is 51.4 Å². The van der Waals surface area contributed by atoms with Crippen LogP contribution in [0.15, 0.2) is 63.4 Å². The number of dihydropyridines is 1. The molecule has 0 radical (unpaired) electrons. The zero-order valence-corrected chi connectivity index (χ0v) is 22.6. The summed E-state index contributed by atoms with van der Waals surface area (Å²) in [5.41, 5.74) is 4.35. The van der Waals surface area contributed by atoms with Gasteiger partial charge in [0, 0.05) is 47.0 Å². The molecule has 0 saturated carbocycles. The largest absolute Gasteiger partial charge is 0.490 e. The molecule has 5 rings (SSSR count). The van der Waals surface area contributed by atoms with Gasteiger partial charge in [-0.2, -0.15) is 0 Å². The summed E-state index contributed by atoms with van der Waals surface area (Å²) >= 11 is 3.57. The second kappa shape index (κ2) is 11.1. The van der Waals surface area contributed by atoms with E-state index >= 15 is 0 Å². The van der Waals surface area contributed by atoms with Gasteiger partial charge in [-0.15, -0.1) is 0 Å². The first kappa shape index (κ1) is 26.2. The van der Waals surface area contributed by atoms with E-state index in [1.807, 2.05) is 13.0 Å². The lowest BCUT2D eigenvalue weighted by atomic mass is 9.71. The molecule has 0 bridgehead atoms. The van der Waals surface area contributed by atoms with Crippen molar-refractivity contribution in [2.24, 2.45) is 0 Å². The highest BCUT2D eigenvalue weighted by Crippen LogP contribution is 2.48. The van der Waals surface area contributed by atoms with Crippen LogP contribution >= 0.6 is 15.9 Å². The number of amides is 1. The van der Waals surface area contributed by atoms with Crippen LogP contribution in [0.5, 0.6) is 11.5 Å². The molecule has 1 heterocycles. The van der Waals surface area contributed by atoms with Crippen LogP contribution in [0.2, 0.25) is 0 Å². The third-order valence-electron chi connectivity index (χ3n) is 6.93. The Hall–Kier alpha value is -3.46. The van der Waals surface area contributed by atoms with E-state index in [4.69, 9.17) is 9.47 Å². The third-order valence-corrected chi connectivity index (χ3v) is 7.52. The zero-order valence-electron chi connectivity index (χ0n) is 21.0. The summed E-state index contributed by atoms with van der Waals surface area (Å²) < 4.78 is 25.4. The van der Waals surface area contributed by atoms with Crippen LogP contribution < -0.4 is 20.1 Å². The molecule has 2 aliphatic carbocycles. The maximum absolute atomic E-state index is 13.1. The Bertz CT molecular complexity index is 1320. The average Bonchev–Trinajstić information content (AvgIpc) is 2.89. The molecule has 0 fully saturated rings. The van der Waals surface area contributed by atoms with E-state index in [0.717, 1.165) is 42.6 Å². The predicted molar refractivity (Wildman–Crippen MR) is 143 cm³/mol. The number of allylic oxidation sites excluding steroid dienone is 4. The number of carbonyl (C=O) groups excluding carboxylic acids is 3. The maximum atomic E-state index is 13.1. The molecule has 0 atom stereocenters. The highest BCUT2D eigenvalue weighted by Gasteiger charge is 2.40. The van der Waals surface area contributed by atoms with Crippen molar-refractivity contribution in [3.8, 4) is 11.5 Å². The monoisotopic (exact) mass is 582 g/mol. The van der Waals surface area contributed by atoms with Gasteiger partial charge in [0.05, 0.1) is 11.1 Å². The Kier molecular flexibility index (Phi) is 7.65. The third kappa shape index (κ3) is 5.25. The Labute approximate surface area is 228 Å². The molecule has 38 heavy (non-hydrogen) atoms. The standard InChI is InChI=1S/C29H28BrFN2O5/c1-2-37-24-14-16(13-19(30)29(24)38-15-25(36)32-18-11-9-17(31)10-12-18)26-27-20(5-3-7-22(27)34)33-21-6-4-8-23(35)28(21)26/h9-14,26,33H,2-8,15H2,1H3,(H,32,36). The molecule has 1 aliphatic heterocycles. The molecular formula is C29H28BrFN2O5.